The third-order valence-corrected chi connectivity index (χ3v) is 3.55. The van der Waals surface area contributed by atoms with Crippen molar-refractivity contribution in [1.29, 1.82) is 0 Å². The zero-order valence-corrected chi connectivity index (χ0v) is 11.9. The number of halogens is 1. The number of amides is 1. The molecule has 1 amide bonds. The van der Waals surface area contributed by atoms with Gasteiger partial charge >= 0.3 is 0 Å². The first-order valence-corrected chi connectivity index (χ1v) is 6.90. The van der Waals surface area contributed by atoms with Crippen molar-refractivity contribution in [2.24, 2.45) is 0 Å². The van der Waals surface area contributed by atoms with E-state index in [1.54, 1.807) is 4.90 Å². The molecule has 0 N–H and O–H groups in total. The van der Waals surface area contributed by atoms with E-state index in [9.17, 15) is 4.79 Å². The van der Waals surface area contributed by atoms with E-state index >= 15 is 0 Å². The second-order valence-electron chi connectivity index (χ2n) is 4.84. The van der Waals surface area contributed by atoms with E-state index in [1.807, 2.05) is 43.5 Å². The molecule has 0 aliphatic carbocycles. The molecule has 0 radical (unpaired) electrons. The van der Waals surface area contributed by atoms with E-state index in [4.69, 9.17) is 11.6 Å². The predicted octanol–water partition coefficient (Wildman–Crippen LogP) is 2.43. The van der Waals surface area contributed by atoms with Crippen molar-refractivity contribution in [3.8, 4) is 0 Å². The van der Waals surface area contributed by atoms with Gasteiger partial charge in [0, 0.05) is 44.7 Å². The number of nitrogens with zero attached hydrogens (tertiary/aromatic N) is 2. The lowest BCUT2D eigenvalue weighted by Gasteiger charge is -2.19. The molecule has 19 heavy (non-hydrogen) atoms. The van der Waals surface area contributed by atoms with Gasteiger partial charge in [-0.3, -0.25) is 9.69 Å². The van der Waals surface area contributed by atoms with Gasteiger partial charge in [-0.05, 0) is 11.6 Å². The van der Waals surface area contributed by atoms with Crippen LogP contribution in [0.4, 0.5) is 0 Å². The predicted molar refractivity (Wildman–Crippen MR) is 79.0 cm³/mol. The molecule has 0 atom stereocenters. The summed E-state index contributed by atoms with van der Waals surface area (Å²) in [6.07, 6.45) is 2.56. The van der Waals surface area contributed by atoms with Crippen molar-refractivity contribution in [2.75, 3.05) is 33.2 Å². The fourth-order valence-corrected chi connectivity index (χ4v) is 2.42. The molecule has 0 bridgehead atoms. The molecule has 1 fully saturated rings. The molecule has 1 aliphatic heterocycles. The van der Waals surface area contributed by atoms with Gasteiger partial charge in [-0.15, -0.1) is 0 Å². The molecule has 0 aromatic heterocycles. The van der Waals surface area contributed by atoms with Crippen LogP contribution in [-0.2, 0) is 4.79 Å². The van der Waals surface area contributed by atoms with Crippen molar-refractivity contribution in [3.63, 3.8) is 0 Å². The highest BCUT2D eigenvalue weighted by atomic mass is 35.5. The summed E-state index contributed by atoms with van der Waals surface area (Å²) >= 11 is 6.30. The first-order chi connectivity index (χ1) is 9.15. The van der Waals surface area contributed by atoms with Crippen molar-refractivity contribution in [2.45, 2.75) is 6.42 Å². The molecule has 1 aromatic carbocycles. The highest BCUT2D eigenvalue weighted by Gasteiger charge is 2.17. The van der Waals surface area contributed by atoms with Gasteiger partial charge in [-0.2, -0.15) is 0 Å². The Kier molecular flexibility index (Phi) is 5.00. The lowest BCUT2D eigenvalue weighted by molar-refractivity contribution is -0.129. The zero-order valence-electron chi connectivity index (χ0n) is 11.2. The largest absolute Gasteiger partial charge is 0.344 e. The summed E-state index contributed by atoms with van der Waals surface area (Å²) in [6, 6.07) is 10.0. The summed E-state index contributed by atoms with van der Waals surface area (Å²) in [4.78, 5) is 15.6. The van der Waals surface area contributed by atoms with Gasteiger partial charge in [0.15, 0.2) is 0 Å². The van der Waals surface area contributed by atoms with Crippen LogP contribution in [0.25, 0.3) is 6.08 Å². The quantitative estimate of drug-likeness (QED) is 0.848. The van der Waals surface area contributed by atoms with E-state index in [0.717, 1.165) is 30.2 Å². The molecular formula is C15H19ClN2O. The van der Waals surface area contributed by atoms with Gasteiger partial charge in [0.2, 0.25) is 5.91 Å². The topological polar surface area (TPSA) is 23.6 Å². The minimum atomic E-state index is 0.214. The fraction of sp³-hybridized carbons (Fsp3) is 0.400. The molecular weight excluding hydrogens is 260 g/mol. The van der Waals surface area contributed by atoms with Crippen LogP contribution in [0.2, 0.25) is 0 Å². The summed E-state index contributed by atoms with van der Waals surface area (Å²) in [5, 5.41) is 0.809. The fourth-order valence-electron chi connectivity index (χ4n) is 2.12. The number of hydrogen-bond donors (Lipinski definition) is 0. The van der Waals surface area contributed by atoms with Crippen molar-refractivity contribution >= 4 is 23.6 Å². The lowest BCUT2D eigenvalue weighted by Crippen LogP contribution is -2.30. The monoisotopic (exact) mass is 278 g/mol. The van der Waals surface area contributed by atoms with Crippen LogP contribution in [-0.4, -0.2) is 48.9 Å². The minimum absolute atomic E-state index is 0.214. The van der Waals surface area contributed by atoms with Crippen LogP contribution in [0, 0.1) is 0 Å². The highest BCUT2D eigenvalue weighted by Crippen LogP contribution is 2.13. The zero-order chi connectivity index (χ0) is 13.7. The van der Waals surface area contributed by atoms with Gasteiger partial charge in [0.25, 0.3) is 0 Å². The maximum atomic E-state index is 11.6. The minimum Gasteiger partial charge on any atom is -0.344 e. The van der Waals surface area contributed by atoms with E-state index in [-0.39, 0.29) is 5.91 Å². The Morgan fingerprint density at radius 1 is 1.26 bits per heavy atom. The third-order valence-electron chi connectivity index (χ3n) is 3.32. The van der Waals surface area contributed by atoms with Gasteiger partial charge in [0.05, 0.1) is 0 Å². The van der Waals surface area contributed by atoms with Gasteiger partial charge < -0.3 is 4.90 Å². The Hall–Kier alpha value is -1.32. The van der Waals surface area contributed by atoms with E-state index < -0.39 is 0 Å². The second-order valence-corrected chi connectivity index (χ2v) is 5.33. The van der Waals surface area contributed by atoms with E-state index in [0.29, 0.717) is 13.0 Å². The molecule has 1 heterocycles. The van der Waals surface area contributed by atoms with E-state index in [2.05, 4.69) is 4.90 Å². The van der Waals surface area contributed by atoms with Gasteiger partial charge in [-0.25, -0.2) is 0 Å². The Balaban J connectivity index is 1.94. The van der Waals surface area contributed by atoms with E-state index in [1.165, 1.54) is 0 Å². The molecule has 1 aliphatic rings. The summed E-state index contributed by atoms with van der Waals surface area (Å²) < 4.78 is 0. The Labute approximate surface area is 119 Å². The number of rotatable bonds is 3. The van der Waals surface area contributed by atoms with Crippen molar-refractivity contribution in [3.05, 3.63) is 40.9 Å². The average Bonchev–Trinajstić information content (AvgIpc) is 2.55. The smallest absolute Gasteiger partial charge is 0.223 e. The van der Waals surface area contributed by atoms with Crippen LogP contribution in [0.5, 0.6) is 0 Å². The summed E-state index contributed by atoms with van der Waals surface area (Å²) in [5.41, 5.74) is 1.11. The first-order valence-electron chi connectivity index (χ1n) is 6.52. The summed E-state index contributed by atoms with van der Waals surface area (Å²) in [5.74, 6) is 0.214. The molecule has 0 saturated carbocycles. The lowest BCUT2D eigenvalue weighted by atomic mass is 10.2. The normalized spacial score (nSPS) is 18.5. The first kappa shape index (κ1) is 14.1. The molecule has 0 unspecified atom stereocenters. The van der Waals surface area contributed by atoms with Gasteiger partial charge in [0.1, 0.15) is 0 Å². The van der Waals surface area contributed by atoms with Crippen molar-refractivity contribution < 1.29 is 4.79 Å². The third kappa shape index (κ3) is 4.37. The van der Waals surface area contributed by atoms with Crippen LogP contribution in [0.15, 0.2) is 35.4 Å². The van der Waals surface area contributed by atoms with Crippen LogP contribution in [0.1, 0.15) is 12.0 Å². The van der Waals surface area contributed by atoms with Crippen LogP contribution >= 0.6 is 11.6 Å². The highest BCUT2D eigenvalue weighted by molar-refractivity contribution is 6.31. The molecule has 102 valence electrons. The van der Waals surface area contributed by atoms with Crippen LogP contribution < -0.4 is 0 Å². The molecule has 3 nitrogen and oxygen atoms in total. The second kappa shape index (κ2) is 6.73. The standard InChI is InChI=1S/C15H19ClN2O/c1-17-9-10-18(8-7-15(17)19)12-14(16)11-13-5-3-2-4-6-13/h2-6,11H,7-10,12H2,1H3. The average molecular weight is 279 g/mol. The molecule has 1 saturated heterocycles. The summed E-state index contributed by atoms with van der Waals surface area (Å²) in [6.45, 7) is 3.13. The number of benzene rings is 1. The molecule has 4 heteroatoms. The molecule has 2 rings (SSSR count). The number of hydrogen-bond acceptors (Lipinski definition) is 2. The van der Waals surface area contributed by atoms with Gasteiger partial charge in [-0.1, -0.05) is 41.9 Å². The Morgan fingerprint density at radius 2 is 2.00 bits per heavy atom. The Bertz CT molecular complexity index is 458. The maximum absolute atomic E-state index is 11.6. The van der Waals surface area contributed by atoms with Crippen molar-refractivity contribution in [1.82, 2.24) is 9.80 Å². The SMILES string of the molecule is CN1CCN(CC(Cl)=Cc2ccccc2)CCC1=O. The molecule has 1 aromatic rings. The Morgan fingerprint density at radius 3 is 2.74 bits per heavy atom. The van der Waals surface area contributed by atoms with Crippen LogP contribution in [0.3, 0.4) is 0 Å². The number of likely N-dealkylation sites (N-methyl/N-ethyl adjacent to an activating group) is 1. The molecule has 0 spiro atoms. The summed E-state index contributed by atoms with van der Waals surface area (Å²) in [7, 11) is 1.85. The number of carbonyl (C=O) groups is 1. The number of carbonyl (C=O) groups excluding carboxylic acids is 1. The maximum Gasteiger partial charge on any atom is 0.223 e.